The van der Waals surface area contributed by atoms with Crippen molar-refractivity contribution in [1.82, 2.24) is 5.32 Å². The number of aliphatic hydroxyl groups excluding tert-OH is 1. The van der Waals surface area contributed by atoms with Crippen LogP contribution in [0, 0.1) is 11.8 Å². The number of halogens is 1. The molecule has 108 valence electrons. The van der Waals surface area contributed by atoms with Crippen LogP contribution in [0.15, 0.2) is 35.7 Å². The first-order valence-electron chi connectivity index (χ1n) is 6.40. The number of aliphatic hydroxyl groups is 1. The van der Waals surface area contributed by atoms with Crippen molar-refractivity contribution in [2.24, 2.45) is 0 Å². The number of rotatable bonds is 4. The van der Waals surface area contributed by atoms with Gasteiger partial charge in [0.1, 0.15) is 0 Å². The smallest absolute Gasteiger partial charge is 0.251 e. The number of hydrogen-bond acceptors (Lipinski definition) is 3. The van der Waals surface area contributed by atoms with Crippen molar-refractivity contribution in [2.45, 2.75) is 13.0 Å². The molecule has 21 heavy (non-hydrogen) atoms. The van der Waals surface area contributed by atoms with Crippen LogP contribution >= 0.6 is 22.9 Å². The first kappa shape index (κ1) is 15.6. The predicted molar refractivity (Wildman–Crippen MR) is 85.5 cm³/mol. The van der Waals surface area contributed by atoms with Crippen LogP contribution in [0.3, 0.4) is 0 Å². The highest BCUT2D eigenvalue weighted by Crippen LogP contribution is 2.16. The van der Waals surface area contributed by atoms with E-state index in [1.807, 2.05) is 11.4 Å². The maximum Gasteiger partial charge on any atom is 0.251 e. The average Bonchev–Trinajstić information content (AvgIpc) is 2.93. The Kier molecular flexibility index (Phi) is 5.82. The Morgan fingerprint density at radius 3 is 2.76 bits per heavy atom. The molecule has 0 radical (unpaired) electrons. The Morgan fingerprint density at radius 2 is 2.05 bits per heavy atom. The van der Waals surface area contributed by atoms with Crippen LogP contribution in [-0.4, -0.2) is 17.6 Å². The molecule has 2 N–H and O–H groups in total. The Balaban J connectivity index is 1.97. The molecular formula is C16H14ClNO2S. The van der Waals surface area contributed by atoms with E-state index in [0.717, 1.165) is 10.4 Å². The van der Waals surface area contributed by atoms with Crippen LogP contribution in [0.4, 0.5) is 0 Å². The molecule has 2 rings (SSSR count). The second-order valence-electron chi connectivity index (χ2n) is 4.22. The van der Waals surface area contributed by atoms with Gasteiger partial charge in [0.05, 0.1) is 13.2 Å². The van der Waals surface area contributed by atoms with Crippen molar-refractivity contribution in [3.8, 4) is 11.8 Å². The van der Waals surface area contributed by atoms with Crippen molar-refractivity contribution in [2.75, 3.05) is 6.61 Å². The monoisotopic (exact) mass is 319 g/mol. The second-order valence-corrected chi connectivity index (χ2v) is 5.66. The van der Waals surface area contributed by atoms with Gasteiger partial charge < -0.3 is 10.4 Å². The van der Waals surface area contributed by atoms with Crippen molar-refractivity contribution in [3.05, 3.63) is 56.7 Å². The Hall–Kier alpha value is -1.80. The van der Waals surface area contributed by atoms with E-state index >= 15 is 0 Å². The summed E-state index contributed by atoms with van der Waals surface area (Å²) in [5.74, 6) is 5.74. The van der Waals surface area contributed by atoms with Gasteiger partial charge in [0.25, 0.3) is 5.91 Å². The van der Waals surface area contributed by atoms with Gasteiger partial charge in [-0.05, 0) is 35.7 Å². The molecule has 2 aromatic rings. The molecule has 1 aromatic heterocycles. The van der Waals surface area contributed by atoms with Crippen LogP contribution in [0.25, 0.3) is 0 Å². The summed E-state index contributed by atoms with van der Waals surface area (Å²) in [6, 6.07) is 8.67. The summed E-state index contributed by atoms with van der Waals surface area (Å²) in [4.78, 5) is 13.0. The number of carbonyl (C=O) groups is 1. The minimum atomic E-state index is -0.144. The van der Waals surface area contributed by atoms with Crippen LogP contribution in [0.1, 0.15) is 27.2 Å². The Morgan fingerprint density at radius 1 is 1.29 bits per heavy atom. The molecule has 0 saturated heterocycles. The molecule has 0 aliphatic heterocycles. The molecule has 0 fully saturated rings. The third-order valence-corrected chi connectivity index (χ3v) is 3.89. The normalized spacial score (nSPS) is 9.81. The number of thiophene rings is 1. The average molecular weight is 320 g/mol. The summed E-state index contributed by atoms with van der Waals surface area (Å²) in [6.07, 6.45) is 0.451. The van der Waals surface area contributed by atoms with Crippen molar-refractivity contribution in [1.29, 1.82) is 0 Å². The molecule has 0 spiro atoms. The topological polar surface area (TPSA) is 49.3 Å². The molecule has 5 heteroatoms. The van der Waals surface area contributed by atoms with E-state index in [4.69, 9.17) is 16.7 Å². The van der Waals surface area contributed by atoms with Crippen molar-refractivity contribution in [3.63, 3.8) is 0 Å². The minimum absolute atomic E-state index is 0.0553. The van der Waals surface area contributed by atoms with Gasteiger partial charge in [-0.2, -0.15) is 0 Å². The van der Waals surface area contributed by atoms with E-state index in [1.54, 1.807) is 35.6 Å². The molecule has 3 nitrogen and oxygen atoms in total. The summed E-state index contributed by atoms with van der Waals surface area (Å²) >= 11 is 7.34. The van der Waals surface area contributed by atoms with Crippen LogP contribution < -0.4 is 5.32 Å². The second kappa shape index (κ2) is 7.84. The van der Waals surface area contributed by atoms with Gasteiger partial charge in [-0.25, -0.2) is 0 Å². The molecule has 0 unspecified atom stereocenters. The Labute approximate surface area is 132 Å². The summed E-state index contributed by atoms with van der Waals surface area (Å²) in [7, 11) is 0. The zero-order chi connectivity index (χ0) is 15.1. The van der Waals surface area contributed by atoms with Gasteiger partial charge in [-0.3, -0.25) is 4.79 Å². The lowest BCUT2D eigenvalue weighted by molar-refractivity contribution is 0.0951. The highest BCUT2D eigenvalue weighted by atomic mass is 35.5. The predicted octanol–water partition coefficient (Wildman–Crippen LogP) is 3.07. The third-order valence-electron chi connectivity index (χ3n) is 2.72. The fourth-order valence-corrected chi connectivity index (χ4v) is 2.56. The summed E-state index contributed by atoms with van der Waals surface area (Å²) < 4.78 is 0. The first-order chi connectivity index (χ1) is 10.2. The summed E-state index contributed by atoms with van der Waals surface area (Å²) in [6.45, 7) is 0.488. The van der Waals surface area contributed by atoms with Gasteiger partial charge in [-0.1, -0.05) is 23.4 Å². The van der Waals surface area contributed by atoms with E-state index < -0.39 is 0 Å². The van der Waals surface area contributed by atoms with Gasteiger partial charge in [0.15, 0.2) is 0 Å². The van der Waals surface area contributed by atoms with Gasteiger partial charge in [-0.15, -0.1) is 11.3 Å². The Bertz CT molecular complexity index is 668. The maximum absolute atomic E-state index is 12.0. The van der Waals surface area contributed by atoms with Gasteiger partial charge in [0, 0.05) is 27.4 Å². The van der Waals surface area contributed by atoms with Crippen molar-refractivity contribution >= 4 is 28.8 Å². The quantitative estimate of drug-likeness (QED) is 0.851. The fourth-order valence-electron chi connectivity index (χ4n) is 1.67. The lowest BCUT2D eigenvalue weighted by atomic mass is 10.2. The SMILES string of the molecule is O=C(NCc1sccc1C#CCCO)c1ccc(Cl)cc1. The third kappa shape index (κ3) is 4.61. The zero-order valence-electron chi connectivity index (χ0n) is 11.2. The van der Waals surface area contributed by atoms with E-state index in [2.05, 4.69) is 17.2 Å². The first-order valence-corrected chi connectivity index (χ1v) is 7.66. The van der Waals surface area contributed by atoms with E-state index in [-0.39, 0.29) is 12.5 Å². The van der Waals surface area contributed by atoms with Gasteiger partial charge >= 0.3 is 0 Å². The summed E-state index contributed by atoms with van der Waals surface area (Å²) in [5, 5.41) is 14.1. The molecular weight excluding hydrogens is 306 g/mol. The lowest BCUT2D eigenvalue weighted by Gasteiger charge is -2.04. The molecule has 1 aromatic carbocycles. The van der Waals surface area contributed by atoms with E-state index in [1.165, 1.54) is 0 Å². The fraction of sp³-hybridized carbons (Fsp3) is 0.188. The lowest BCUT2D eigenvalue weighted by Crippen LogP contribution is -2.22. The van der Waals surface area contributed by atoms with Crippen LogP contribution in [0.2, 0.25) is 5.02 Å². The standard InChI is InChI=1S/C16H14ClNO2S/c17-14-6-4-13(5-7-14)16(20)18-11-15-12(8-10-21-15)3-1-2-9-19/h4-8,10,19H,2,9,11H2,(H,18,20). The largest absolute Gasteiger partial charge is 0.395 e. The van der Waals surface area contributed by atoms with E-state index in [0.29, 0.717) is 23.6 Å². The van der Waals surface area contributed by atoms with Crippen molar-refractivity contribution < 1.29 is 9.90 Å². The molecule has 0 bridgehead atoms. The van der Waals surface area contributed by atoms with Crippen LogP contribution in [-0.2, 0) is 6.54 Å². The molecule has 0 aliphatic carbocycles. The van der Waals surface area contributed by atoms with Gasteiger partial charge in [0.2, 0.25) is 0 Å². The van der Waals surface area contributed by atoms with E-state index in [9.17, 15) is 4.79 Å². The highest BCUT2D eigenvalue weighted by molar-refractivity contribution is 7.10. The molecule has 0 aliphatic rings. The number of benzene rings is 1. The highest BCUT2D eigenvalue weighted by Gasteiger charge is 2.07. The molecule has 0 atom stereocenters. The molecule has 0 saturated carbocycles. The zero-order valence-corrected chi connectivity index (χ0v) is 12.8. The molecule has 1 heterocycles. The number of hydrogen-bond donors (Lipinski definition) is 2. The number of carbonyl (C=O) groups excluding carboxylic acids is 1. The minimum Gasteiger partial charge on any atom is -0.395 e. The number of amides is 1. The summed E-state index contributed by atoms with van der Waals surface area (Å²) in [5.41, 5.74) is 1.47. The number of nitrogens with one attached hydrogen (secondary N) is 1. The molecule has 1 amide bonds. The van der Waals surface area contributed by atoms with Crippen LogP contribution in [0.5, 0.6) is 0 Å². The maximum atomic E-state index is 12.0.